The van der Waals surface area contributed by atoms with Gasteiger partial charge in [0.1, 0.15) is 19.0 Å². The third-order valence-corrected chi connectivity index (χ3v) is 4.94. The minimum absolute atomic E-state index is 0.0580. The average Bonchev–Trinajstić information content (AvgIpc) is 2.75. The van der Waals surface area contributed by atoms with E-state index >= 15 is 0 Å². The van der Waals surface area contributed by atoms with Gasteiger partial charge in [0.25, 0.3) is 5.91 Å². The highest BCUT2D eigenvalue weighted by Crippen LogP contribution is 2.31. The Balaban J connectivity index is 1.28. The summed E-state index contributed by atoms with van der Waals surface area (Å²) in [5, 5.41) is 2.75. The van der Waals surface area contributed by atoms with Crippen LogP contribution in [0, 0.1) is 5.82 Å². The summed E-state index contributed by atoms with van der Waals surface area (Å²) in [5.74, 6) is 0.686. The second-order valence-electron chi connectivity index (χ2n) is 6.98. The molecule has 2 aliphatic heterocycles. The van der Waals surface area contributed by atoms with Gasteiger partial charge in [-0.3, -0.25) is 14.5 Å². The van der Waals surface area contributed by atoms with Crippen LogP contribution in [0.15, 0.2) is 42.5 Å². The van der Waals surface area contributed by atoms with Crippen LogP contribution in [0.2, 0.25) is 0 Å². The number of ether oxygens (including phenoxy) is 2. The van der Waals surface area contributed by atoms with Gasteiger partial charge >= 0.3 is 0 Å². The maximum absolute atomic E-state index is 12.9. The molecule has 2 aromatic rings. The number of carbonyl (C=O) groups excluding carboxylic acids is 2. The van der Waals surface area contributed by atoms with Crippen LogP contribution >= 0.6 is 0 Å². The summed E-state index contributed by atoms with van der Waals surface area (Å²) in [7, 11) is 0. The van der Waals surface area contributed by atoms with E-state index < -0.39 is 0 Å². The highest BCUT2D eigenvalue weighted by molar-refractivity contribution is 5.95. The summed E-state index contributed by atoms with van der Waals surface area (Å²) < 4.78 is 24.0. The minimum Gasteiger partial charge on any atom is -0.486 e. The lowest BCUT2D eigenvalue weighted by molar-refractivity contribution is -0.117. The van der Waals surface area contributed by atoms with Gasteiger partial charge in [-0.25, -0.2) is 4.39 Å². The van der Waals surface area contributed by atoms with Crippen molar-refractivity contribution in [1.82, 2.24) is 9.80 Å². The van der Waals surface area contributed by atoms with Crippen LogP contribution in [0.3, 0.4) is 0 Å². The monoisotopic (exact) mass is 399 g/mol. The number of rotatable bonds is 4. The highest BCUT2D eigenvalue weighted by Gasteiger charge is 2.24. The molecule has 2 aliphatic rings. The first-order valence-electron chi connectivity index (χ1n) is 9.55. The fraction of sp³-hybridized carbons (Fsp3) is 0.333. The van der Waals surface area contributed by atoms with Gasteiger partial charge in [0.15, 0.2) is 11.5 Å². The van der Waals surface area contributed by atoms with Crippen molar-refractivity contribution in [3.8, 4) is 11.5 Å². The van der Waals surface area contributed by atoms with Gasteiger partial charge in [0.2, 0.25) is 5.91 Å². The number of hydrogen-bond donors (Lipinski definition) is 1. The number of nitrogens with zero attached hydrogens (tertiary/aromatic N) is 2. The molecule has 8 heteroatoms. The van der Waals surface area contributed by atoms with Crippen LogP contribution in [0.1, 0.15) is 10.4 Å². The Morgan fingerprint density at radius 2 is 1.62 bits per heavy atom. The van der Waals surface area contributed by atoms with E-state index in [9.17, 15) is 14.0 Å². The van der Waals surface area contributed by atoms with Crippen molar-refractivity contribution < 1.29 is 23.5 Å². The fourth-order valence-electron chi connectivity index (χ4n) is 3.40. The lowest BCUT2D eigenvalue weighted by Gasteiger charge is -2.34. The van der Waals surface area contributed by atoms with Gasteiger partial charge in [-0.1, -0.05) is 0 Å². The molecule has 29 heavy (non-hydrogen) atoms. The number of hydrogen-bond acceptors (Lipinski definition) is 5. The Labute approximate surface area is 168 Å². The number of benzene rings is 2. The molecule has 1 saturated heterocycles. The quantitative estimate of drug-likeness (QED) is 0.852. The molecule has 2 amide bonds. The first kappa shape index (κ1) is 19.2. The summed E-state index contributed by atoms with van der Waals surface area (Å²) in [4.78, 5) is 28.7. The zero-order chi connectivity index (χ0) is 20.2. The third kappa shape index (κ3) is 4.65. The molecule has 1 N–H and O–H groups in total. The molecule has 0 spiro atoms. The molecule has 0 aliphatic carbocycles. The van der Waals surface area contributed by atoms with E-state index in [2.05, 4.69) is 5.32 Å². The molecule has 0 atom stereocenters. The SMILES string of the molecule is O=C(CN1CCN(C(=O)c2ccc3c(c2)OCCO3)CC1)Nc1ccc(F)cc1. The lowest BCUT2D eigenvalue weighted by atomic mass is 10.1. The smallest absolute Gasteiger partial charge is 0.254 e. The van der Waals surface area contributed by atoms with E-state index in [0.717, 1.165) is 0 Å². The molecule has 7 nitrogen and oxygen atoms in total. The van der Waals surface area contributed by atoms with Crippen molar-refractivity contribution in [3.63, 3.8) is 0 Å². The van der Waals surface area contributed by atoms with E-state index in [0.29, 0.717) is 62.1 Å². The highest BCUT2D eigenvalue weighted by atomic mass is 19.1. The van der Waals surface area contributed by atoms with Crippen LogP contribution in [0.4, 0.5) is 10.1 Å². The molecule has 152 valence electrons. The van der Waals surface area contributed by atoms with Crippen molar-refractivity contribution in [1.29, 1.82) is 0 Å². The molecule has 0 bridgehead atoms. The summed E-state index contributed by atoms with van der Waals surface area (Å²) in [6, 6.07) is 10.9. The van der Waals surface area contributed by atoms with E-state index in [1.807, 2.05) is 4.90 Å². The van der Waals surface area contributed by atoms with Crippen molar-refractivity contribution in [2.45, 2.75) is 0 Å². The van der Waals surface area contributed by atoms with Crippen molar-refractivity contribution in [2.24, 2.45) is 0 Å². The maximum Gasteiger partial charge on any atom is 0.254 e. The van der Waals surface area contributed by atoms with Crippen LogP contribution in [0.25, 0.3) is 0 Å². The molecule has 0 aromatic heterocycles. The van der Waals surface area contributed by atoms with E-state index in [1.54, 1.807) is 23.1 Å². The Morgan fingerprint density at radius 3 is 2.34 bits per heavy atom. The molecule has 2 aromatic carbocycles. The second-order valence-corrected chi connectivity index (χ2v) is 6.98. The summed E-state index contributed by atoms with van der Waals surface area (Å²) in [6.07, 6.45) is 0. The van der Waals surface area contributed by atoms with Crippen LogP contribution in [-0.4, -0.2) is 67.6 Å². The molecule has 1 fully saturated rings. The first-order chi connectivity index (χ1) is 14.1. The van der Waals surface area contributed by atoms with Gasteiger partial charge in [0, 0.05) is 37.4 Å². The van der Waals surface area contributed by atoms with Gasteiger partial charge in [-0.2, -0.15) is 0 Å². The number of anilines is 1. The molecular weight excluding hydrogens is 377 g/mol. The predicted octanol–water partition coefficient (Wildman–Crippen LogP) is 1.99. The van der Waals surface area contributed by atoms with Crippen LogP contribution in [0.5, 0.6) is 11.5 Å². The minimum atomic E-state index is -0.346. The Kier molecular flexibility index (Phi) is 5.62. The number of fused-ring (bicyclic) bond motifs is 1. The first-order valence-corrected chi connectivity index (χ1v) is 9.55. The number of nitrogens with one attached hydrogen (secondary N) is 1. The lowest BCUT2D eigenvalue weighted by Crippen LogP contribution is -2.50. The molecule has 4 rings (SSSR count). The summed E-state index contributed by atoms with van der Waals surface area (Å²) >= 11 is 0. The average molecular weight is 399 g/mol. The van der Waals surface area contributed by atoms with Crippen molar-refractivity contribution >= 4 is 17.5 Å². The zero-order valence-electron chi connectivity index (χ0n) is 15.9. The van der Waals surface area contributed by atoms with Crippen LogP contribution < -0.4 is 14.8 Å². The van der Waals surface area contributed by atoms with E-state index in [-0.39, 0.29) is 24.2 Å². The number of carbonyl (C=O) groups is 2. The Hall–Kier alpha value is -3.13. The summed E-state index contributed by atoms with van der Waals surface area (Å²) in [6.45, 7) is 3.50. The zero-order valence-corrected chi connectivity index (χ0v) is 15.9. The number of amides is 2. The van der Waals surface area contributed by atoms with Gasteiger partial charge in [0.05, 0.1) is 6.54 Å². The third-order valence-electron chi connectivity index (χ3n) is 4.94. The maximum atomic E-state index is 12.9. The van der Waals surface area contributed by atoms with Crippen LogP contribution in [-0.2, 0) is 4.79 Å². The molecule has 0 saturated carbocycles. The number of piperazine rings is 1. The van der Waals surface area contributed by atoms with E-state index in [1.165, 1.54) is 24.3 Å². The molecule has 2 heterocycles. The second kappa shape index (κ2) is 8.48. The van der Waals surface area contributed by atoms with Crippen molar-refractivity contribution in [3.05, 3.63) is 53.8 Å². The van der Waals surface area contributed by atoms with Gasteiger partial charge in [-0.05, 0) is 42.5 Å². The fourth-order valence-corrected chi connectivity index (χ4v) is 3.40. The Bertz CT molecular complexity index is 895. The standard InChI is InChI=1S/C21H22FN3O4/c22-16-2-4-17(5-3-16)23-20(26)14-24-7-9-25(10-8-24)21(27)15-1-6-18-19(13-15)29-12-11-28-18/h1-6,13H,7-12,14H2,(H,23,26). The molecule has 0 radical (unpaired) electrons. The van der Waals surface area contributed by atoms with Gasteiger partial charge < -0.3 is 19.7 Å². The molecule has 0 unspecified atom stereocenters. The summed E-state index contributed by atoms with van der Waals surface area (Å²) in [5.41, 5.74) is 1.13. The predicted molar refractivity (Wildman–Crippen MR) is 105 cm³/mol. The largest absolute Gasteiger partial charge is 0.486 e. The normalized spacial score (nSPS) is 16.4. The Morgan fingerprint density at radius 1 is 0.931 bits per heavy atom. The number of halogens is 1. The van der Waals surface area contributed by atoms with Gasteiger partial charge in [-0.15, -0.1) is 0 Å². The van der Waals surface area contributed by atoms with Crippen molar-refractivity contribution in [2.75, 3.05) is 51.3 Å². The molecular formula is C21H22FN3O4. The van der Waals surface area contributed by atoms with E-state index in [4.69, 9.17) is 9.47 Å². The topological polar surface area (TPSA) is 71.1 Å².